The number of nitrogens with zero attached hydrogens (tertiary/aromatic N) is 4. The van der Waals surface area contributed by atoms with Gasteiger partial charge in [-0.15, -0.1) is 0 Å². The van der Waals surface area contributed by atoms with E-state index in [1.165, 1.54) is 17.2 Å². The van der Waals surface area contributed by atoms with Crippen LogP contribution in [0.1, 0.15) is 6.42 Å². The first-order valence-electron chi connectivity index (χ1n) is 7.91. The highest BCUT2D eigenvalue weighted by Crippen LogP contribution is 2.41. The second-order valence-electron chi connectivity index (χ2n) is 6.12. The molecule has 150 valence electrons. The number of aromatic nitrogens is 4. The number of nitrogen functional groups attached to an aromatic ring is 1. The molecule has 0 bridgehead atoms. The maximum absolute atomic E-state index is 10.9. The lowest BCUT2D eigenvalue weighted by molar-refractivity contribution is -0.157. The molecule has 0 saturated carbocycles. The summed E-state index contributed by atoms with van der Waals surface area (Å²) in [6, 6.07) is 0. The van der Waals surface area contributed by atoms with Gasteiger partial charge in [-0.25, -0.2) is 15.0 Å². The molecule has 27 heavy (non-hydrogen) atoms. The van der Waals surface area contributed by atoms with Crippen molar-refractivity contribution in [3.05, 3.63) is 12.7 Å². The molecular formula is C13H20N5O8P. The molecular weight excluding hydrogens is 385 g/mol. The minimum atomic E-state index is -4.37. The van der Waals surface area contributed by atoms with Crippen molar-refractivity contribution in [2.24, 2.45) is 0 Å². The zero-order valence-electron chi connectivity index (χ0n) is 14.0. The number of hydrogen-bond donors (Lipinski definition) is 6. The number of ether oxygens (including phenoxy) is 2. The van der Waals surface area contributed by atoms with Gasteiger partial charge in [0.2, 0.25) is 0 Å². The van der Waals surface area contributed by atoms with Crippen LogP contribution in [-0.4, -0.2) is 82.5 Å². The van der Waals surface area contributed by atoms with Crippen LogP contribution in [0.2, 0.25) is 0 Å². The van der Waals surface area contributed by atoms with Gasteiger partial charge in [0, 0.05) is 6.42 Å². The van der Waals surface area contributed by atoms with Gasteiger partial charge in [0.1, 0.15) is 36.5 Å². The number of imidazole rings is 1. The highest BCUT2D eigenvalue weighted by Gasteiger charge is 2.55. The molecule has 3 rings (SSSR count). The zero-order valence-corrected chi connectivity index (χ0v) is 14.9. The smallest absolute Gasteiger partial charge is 0.350 e. The Morgan fingerprint density at radius 1 is 1.33 bits per heavy atom. The molecule has 1 saturated heterocycles. The molecule has 0 aliphatic carbocycles. The fourth-order valence-electron chi connectivity index (χ4n) is 3.08. The molecule has 0 aromatic carbocycles. The molecule has 13 nitrogen and oxygen atoms in total. The largest absolute Gasteiger partial charge is 0.394 e. The third-order valence-electron chi connectivity index (χ3n) is 4.34. The third-order valence-corrected chi connectivity index (χ3v) is 4.85. The summed E-state index contributed by atoms with van der Waals surface area (Å²) in [5, 5.41) is 30.3. The Labute approximate surface area is 152 Å². The fraction of sp³-hybridized carbons (Fsp3) is 0.615. The topological polar surface area (TPSA) is 206 Å². The number of aliphatic hydroxyl groups excluding tert-OH is 3. The van der Waals surface area contributed by atoms with E-state index in [9.17, 15) is 19.9 Å². The summed E-state index contributed by atoms with van der Waals surface area (Å²) in [5.41, 5.74) is 4.56. The highest BCUT2D eigenvalue weighted by atomic mass is 31.2. The molecule has 2 aromatic heterocycles. The van der Waals surface area contributed by atoms with E-state index in [1.54, 1.807) is 0 Å². The van der Waals surface area contributed by atoms with Crippen LogP contribution < -0.4 is 5.73 Å². The van der Waals surface area contributed by atoms with Crippen molar-refractivity contribution in [1.29, 1.82) is 0 Å². The first-order chi connectivity index (χ1) is 12.7. The molecule has 0 radical (unpaired) electrons. The standard InChI is InChI=1S/C13H20N5O8P/c14-11-8-12(16-4-15-11)18(5-17-8)13(1-2-25-6-27(22,23)24)10(21)9(20)7(3-19)26-13/h4-5,7,9-10,19-21H,1-3,6H2,(H2,14,15,16)(H2,22,23,24)/t7-,9-,10-,13-/m1/s1. The number of rotatable bonds is 7. The van der Waals surface area contributed by atoms with Gasteiger partial charge in [-0.2, -0.15) is 0 Å². The quantitative estimate of drug-likeness (QED) is 0.213. The Balaban J connectivity index is 1.97. The lowest BCUT2D eigenvalue weighted by Crippen LogP contribution is -2.46. The molecule has 1 aliphatic heterocycles. The first kappa shape index (κ1) is 20.0. The van der Waals surface area contributed by atoms with E-state index in [0.29, 0.717) is 0 Å². The van der Waals surface area contributed by atoms with Gasteiger partial charge in [0.05, 0.1) is 19.5 Å². The highest BCUT2D eigenvalue weighted by molar-refractivity contribution is 7.51. The monoisotopic (exact) mass is 405 g/mol. The van der Waals surface area contributed by atoms with Crippen LogP contribution in [0.3, 0.4) is 0 Å². The number of fused-ring (bicyclic) bond motifs is 1. The van der Waals surface area contributed by atoms with E-state index >= 15 is 0 Å². The summed E-state index contributed by atoms with van der Waals surface area (Å²) in [7, 11) is -4.37. The van der Waals surface area contributed by atoms with Crippen LogP contribution >= 0.6 is 7.60 Å². The third kappa shape index (κ3) is 3.68. The lowest BCUT2D eigenvalue weighted by Gasteiger charge is -2.33. The Morgan fingerprint density at radius 2 is 2.07 bits per heavy atom. The average Bonchev–Trinajstić information content (AvgIpc) is 3.14. The van der Waals surface area contributed by atoms with E-state index in [2.05, 4.69) is 15.0 Å². The number of hydrogen-bond acceptors (Lipinski definition) is 10. The van der Waals surface area contributed by atoms with Crippen LogP contribution in [0.5, 0.6) is 0 Å². The van der Waals surface area contributed by atoms with Gasteiger partial charge < -0.3 is 40.3 Å². The minimum absolute atomic E-state index is 0.0957. The van der Waals surface area contributed by atoms with Gasteiger partial charge in [-0.3, -0.25) is 9.13 Å². The first-order valence-corrected chi connectivity index (χ1v) is 9.70. The maximum Gasteiger partial charge on any atom is 0.350 e. The van der Waals surface area contributed by atoms with Crippen molar-refractivity contribution < 1.29 is 39.1 Å². The molecule has 1 aliphatic rings. The van der Waals surface area contributed by atoms with Crippen molar-refractivity contribution in [3.8, 4) is 0 Å². The van der Waals surface area contributed by atoms with Crippen LogP contribution in [0.15, 0.2) is 12.7 Å². The van der Waals surface area contributed by atoms with Gasteiger partial charge >= 0.3 is 7.60 Å². The van der Waals surface area contributed by atoms with Gasteiger partial charge in [-0.1, -0.05) is 0 Å². The Kier molecular flexibility index (Phi) is 5.47. The lowest BCUT2D eigenvalue weighted by atomic mass is 9.99. The summed E-state index contributed by atoms with van der Waals surface area (Å²) in [6.45, 7) is -0.791. The van der Waals surface area contributed by atoms with E-state index in [-0.39, 0.29) is 30.0 Å². The minimum Gasteiger partial charge on any atom is -0.394 e. The summed E-state index contributed by atoms with van der Waals surface area (Å²) in [5.74, 6) is 0.0957. The molecule has 0 amide bonds. The second kappa shape index (κ2) is 7.37. The van der Waals surface area contributed by atoms with Crippen LogP contribution in [0.25, 0.3) is 11.2 Å². The van der Waals surface area contributed by atoms with E-state index in [4.69, 9.17) is 25.0 Å². The molecule has 0 unspecified atom stereocenters. The molecule has 7 N–H and O–H groups in total. The summed E-state index contributed by atoms with van der Waals surface area (Å²) in [6.07, 6.45) is -2.50. The molecule has 0 spiro atoms. The van der Waals surface area contributed by atoms with Crippen LogP contribution in [0.4, 0.5) is 5.82 Å². The molecule has 4 atom stereocenters. The Hall–Kier alpha value is -1.70. The van der Waals surface area contributed by atoms with Crippen molar-refractivity contribution >= 4 is 24.6 Å². The predicted molar refractivity (Wildman–Crippen MR) is 89.2 cm³/mol. The number of nitrogens with two attached hydrogens (primary N) is 1. The van der Waals surface area contributed by atoms with Crippen molar-refractivity contribution in [3.63, 3.8) is 0 Å². The van der Waals surface area contributed by atoms with Crippen LogP contribution in [0, 0.1) is 0 Å². The van der Waals surface area contributed by atoms with E-state index < -0.39 is 44.6 Å². The van der Waals surface area contributed by atoms with E-state index in [1.807, 2.05) is 0 Å². The molecule has 3 heterocycles. The SMILES string of the molecule is Nc1ncnc2c1ncn2[C@]1(CCOCP(=O)(O)O)O[C@H](CO)[C@@H](O)[C@H]1O. The average molecular weight is 405 g/mol. The number of aliphatic hydroxyl groups is 3. The molecule has 14 heteroatoms. The second-order valence-corrected chi connectivity index (χ2v) is 7.70. The molecule has 1 fully saturated rings. The summed E-state index contributed by atoms with van der Waals surface area (Å²) >= 11 is 0. The summed E-state index contributed by atoms with van der Waals surface area (Å²) < 4.78 is 23.0. The maximum atomic E-state index is 10.9. The van der Waals surface area contributed by atoms with Crippen molar-refractivity contribution in [2.75, 3.05) is 25.3 Å². The normalized spacial score (nSPS) is 28.9. The van der Waals surface area contributed by atoms with Crippen molar-refractivity contribution in [2.45, 2.75) is 30.5 Å². The predicted octanol–water partition coefficient (Wildman–Crippen LogP) is -2.28. The summed E-state index contributed by atoms with van der Waals surface area (Å²) in [4.78, 5) is 29.8. The van der Waals surface area contributed by atoms with Gasteiger partial charge in [-0.05, 0) is 0 Å². The Morgan fingerprint density at radius 3 is 2.70 bits per heavy atom. The van der Waals surface area contributed by atoms with Crippen LogP contribution in [-0.2, 0) is 19.8 Å². The van der Waals surface area contributed by atoms with Crippen molar-refractivity contribution in [1.82, 2.24) is 19.5 Å². The fourth-order valence-corrected chi connectivity index (χ4v) is 3.44. The van der Waals surface area contributed by atoms with Gasteiger partial charge in [0.25, 0.3) is 0 Å². The Bertz CT molecular complexity index is 858. The van der Waals surface area contributed by atoms with E-state index in [0.717, 1.165) is 0 Å². The van der Waals surface area contributed by atoms with Gasteiger partial charge in [0.15, 0.2) is 17.2 Å². The molecule has 2 aromatic rings. The zero-order chi connectivity index (χ0) is 19.8. The number of anilines is 1.